The molecule has 0 bridgehead atoms. The Labute approximate surface area is 185 Å². The van der Waals surface area contributed by atoms with Crippen LogP contribution in [0.2, 0.25) is 0 Å². The molecule has 0 amide bonds. The summed E-state index contributed by atoms with van der Waals surface area (Å²) in [6.45, 7) is 8.10. The first-order valence-corrected chi connectivity index (χ1v) is 10.7. The molecule has 0 spiro atoms. The number of rotatable bonds is 2. The van der Waals surface area contributed by atoms with Crippen LogP contribution in [0.1, 0.15) is 29.4 Å². The minimum Gasteiger partial charge on any atom is -0.309 e. The van der Waals surface area contributed by atoms with Crippen molar-refractivity contribution in [3.05, 3.63) is 80.0 Å². The van der Waals surface area contributed by atoms with Gasteiger partial charge in [-0.25, -0.2) is 4.98 Å². The van der Waals surface area contributed by atoms with Crippen LogP contribution < -0.4 is 10.5 Å². The standard InChI is InChI=1S/C24H23N5OS/c1-13-9-10-18(14(2)11-13)29-16(4)25-21-20(23(29)31)22(30)27-24(26-21)28-15(3)12-17-7-5-6-8-19(17)28/h5-11,15H,12H2,1-4H3,(H,26,27,30)/t15-/m0/s1. The maximum absolute atomic E-state index is 13.2. The van der Waals surface area contributed by atoms with Crippen LogP contribution in [0.3, 0.4) is 0 Å². The first kappa shape index (κ1) is 19.6. The van der Waals surface area contributed by atoms with E-state index >= 15 is 0 Å². The van der Waals surface area contributed by atoms with Gasteiger partial charge in [-0.2, -0.15) is 4.98 Å². The molecule has 0 fully saturated rings. The summed E-state index contributed by atoms with van der Waals surface area (Å²) in [6.07, 6.45) is 0.901. The fourth-order valence-corrected chi connectivity index (χ4v) is 4.94. The largest absolute Gasteiger partial charge is 0.309 e. The van der Waals surface area contributed by atoms with E-state index in [0.29, 0.717) is 27.4 Å². The van der Waals surface area contributed by atoms with Crippen LogP contribution in [0, 0.1) is 25.4 Å². The van der Waals surface area contributed by atoms with Crippen molar-refractivity contribution in [2.24, 2.45) is 0 Å². The lowest BCUT2D eigenvalue weighted by molar-refractivity contribution is 0.739. The van der Waals surface area contributed by atoms with Gasteiger partial charge in [0.05, 0.1) is 5.69 Å². The number of hydrogen-bond acceptors (Lipinski definition) is 5. The van der Waals surface area contributed by atoms with Crippen LogP contribution in [-0.4, -0.2) is 25.6 Å². The van der Waals surface area contributed by atoms with Gasteiger partial charge in [0, 0.05) is 11.7 Å². The number of hydrogen-bond donors (Lipinski definition) is 1. The van der Waals surface area contributed by atoms with Crippen molar-refractivity contribution in [2.45, 2.75) is 40.2 Å². The average molecular weight is 430 g/mol. The zero-order chi connectivity index (χ0) is 21.9. The molecule has 7 heteroatoms. The van der Waals surface area contributed by atoms with Crippen molar-refractivity contribution in [3.63, 3.8) is 0 Å². The van der Waals surface area contributed by atoms with E-state index in [4.69, 9.17) is 17.2 Å². The number of aryl methyl sites for hydroxylation is 3. The van der Waals surface area contributed by atoms with E-state index in [9.17, 15) is 4.79 Å². The molecule has 1 aliphatic heterocycles. The molecule has 6 nitrogen and oxygen atoms in total. The van der Waals surface area contributed by atoms with E-state index in [1.165, 1.54) is 11.1 Å². The molecule has 4 aromatic rings. The molecule has 2 aromatic carbocycles. The van der Waals surface area contributed by atoms with Gasteiger partial charge in [-0.1, -0.05) is 48.1 Å². The van der Waals surface area contributed by atoms with Crippen LogP contribution in [0.4, 0.5) is 11.6 Å². The van der Waals surface area contributed by atoms with Crippen LogP contribution in [0.5, 0.6) is 0 Å². The van der Waals surface area contributed by atoms with Gasteiger partial charge >= 0.3 is 0 Å². The Morgan fingerprint density at radius 1 is 1.06 bits per heavy atom. The highest BCUT2D eigenvalue weighted by Crippen LogP contribution is 2.36. The number of aromatic nitrogens is 4. The number of nitrogens with one attached hydrogen (secondary N) is 1. The lowest BCUT2D eigenvalue weighted by Crippen LogP contribution is -2.28. The molecular formula is C24H23N5OS. The van der Waals surface area contributed by atoms with E-state index < -0.39 is 0 Å². The summed E-state index contributed by atoms with van der Waals surface area (Å²) in [6, 6.07) is 14.5. The summed E-state index contributed by atoms with van der Waals surface area (Å²) in [4.78, 5) is 27.7. The summed E-state index contributed by atoms with van der Waals surface area (Å²) >= 11 is 5.76. The second kappa shape index (κ2) is 7.13. The van der Waals surface area contributed by atoms with Crippen molar-refractivity contribution in [1.29, 1.82) is 0 Å². The SMILES string of the molecule is Cc1ccc(-n2c(C)nc3nc(N4c5ccccc5C[C@@H]4C)[nH]c(=O)c3c2=S)c(C)c1. The third kappa shape index (κ3) is 3.08. The summed E-state index contributed by atoms with van der Waals surface area (Å²) < 4.78 is 2.28. The van der Waals surface area contributed by atoms with Crippen LogP contribution in [0.15, 0.2) is 47.3 Å². The molecule has 0 aliphatic carbocycles. The summed E-state index contributed by atoms with van der Waals surface area (Å²) in [5.41, 5.74) is 5.58. The predicted octanol–water partition coefficient (Wildman–Crippen LogP) is 4.85. The number of H-pyrrole nitrogens is 1. The molecule has 5 rings (SSSR count). The second-order valence-corrected chi connectivity index (χ2v) is 8.62. The maximum atomic E-state index is 13.2. The average Bonchev–Trinajstić information content (AvgIpc) is 3.04. The topological polar surface area (TPSA) is 66.8 Å². The van der Waals surface area contributed by atoms with Gasteiger partial charge in [0.2, 0.25) is 5.95 Å². The van der Waals surface area contributed by atoms with E-state index in [0.717, 1.165) is 23.4 Å². The molecule has 0 radical (unpaired) electrons. The monoisotopic (exact) mass is 429 g/mol. The highest BCUT2D eigenvalue weighted by atomic mass is 32.1. The lowest BCUT2D eigenvalue weighted by Gasteiger charge is -2.23. The fraction of sp³-hybridized carbons (Fsp3) is 0.250. The fourth-order valence-electron chi connectivity index (χ4n) is 4.53. The molecule has 31 heavy (non-hydrogen) atoms. The van der Waals surface area contributed by atoms with Crippen LogP contribution in [0.25, 0.3) is 16.7 Å². The molecule has 0 unspecified atom stereocenters. The highest BCUT2D eigenvalue weighted by molar-refractivity contribution is 7.71. The third-order valence-corrected chi connectivity index (χ3v) is 6.31. The Morgan fingerprint density at radius 3 is 2.61 bits per heavy atom. The van der Waals surface area contributed by atoms with Gasteiger partial charge in [0.25, 0.3) is 5.56 Å². The number of fused-ring (bicyclic) bond motifs is 2. The minimum atomic E-state index is -0.271. The minimum absolute atomic E-state index is 0.186. The second-order valence-electron chi connectivity index (χ2n) is 8.23. The Bertz CT molecular complexity index is 1470. The number of benzene rings is 2. The number of para-hydroxylation sites is 1. The van der Waals surface area contributed by atoms with Gasteiger partial charge in [-0.15, -0.1) is 0 Å². The normalized spacial score (nSPS) is 15.5. The molecule has 0 saturated heterocycles. The molecule has 2 aromatic heterocycles. The van der Waals surface area contributed by atoms with Gasteiger partial charge in [-0.3, -0.25) is 14.3 Å². The molecular weight excluding hydrogens is 406 g/mol. The number of aromatic amines is 1. The Morgan fingerprint density at radius 2 is 1.84 bits per heavy atom. The maximum Gasteiger partial charge on any atom is 0.264 e. The van der Waals surface area contributed by atoms with Crippen molar-refractivity contribution >= 4 is 34.9 Å². The summed E-state index contributed by atoms with van der Waals surface area (Å²) in [5.74, 6) is 1.20. The lowest BCUT2D eigenvalue weighted by atomic mass is 10.1. The van der Waals surface area contributed by atoms with E-state index in [1.54, 1.807) is 0 Å². The molecule has 3 heterocycles. The zero-order valence-corrected chi connectivity index (χ0v) is 18.7. The highest BCUT2D eigenvalue weighted by Gasteiger charge is 2.29. The molecule has 1 aliphatic rings. The zero-order valence-electron chi connectivity index (χ0n) is 17.9. The third-order valence-electron chi connectivity index (χ3n) is 5.92. The van der Waals surface area contributed by atoms with E-state index in [2.05, 4.69) is 46.9 Å². The van der Waals surface area contributed by atoms with E-state index in [1.807, 2.05) is 42.7 Å². The predicted molar refractivity (Wildman–Crippen MR) is 126 cm³/mol. The van der Waals surface area contributed by atoms with E-state index in [-0.39, 0.29) is 11.6 Å². The summed E-state index contributed by atoms with van der Waals surface area (Å²) in [5, 5.41) is 0.337. The molecule has 0 saturated carbocycles. The number of anilines is 2. The number of nitrogens with zero attached hydrogens (tertiary/aromatic N) is 4. The quantitative estimate of drug-likeness (QED) is 0.462. The van der Waals surface area contributed by atoms with Gasteiger partial charge in [-0.05, 0) is 57.4 Å². The molecule has 156 valence electrons. The van der Waals surface area contributed by atoms with Crippen molar-refractivity contribution in [2.75, 3.05) is 4.90 Å². The van der Waals surface area contributed by atoms with Crippen molar-refractivity contribution < 1.29 is 0 Å². The summed E-state index contributed by atoms with van der Waals surface area (Å²) in [7, 11) is 0. The van der Waals surface area contributed by atoms with Crippen molar-refractivity contribution in [1.82, 2.24) is 19.5 Å². The smallest absolute Gasteiger partial charge is 0.264 e. The van der Waals surface area contributed by atoms with Crippen molar-refractivity contribution in [3.8, 4) is 5.69 Å². The van der Waals surface area contributed by atoms with Crippen LogP contribution in [-0.2, 0) is 6.42 Å². The van der Waals surface area contributed by atoms with Gasteiger partial charge < -0.3 is 4.90 Å². The van der Waals surface area contributed by atoms with Gasteiger partial charge in [0.1, 0.15) is 15.9 Å². The van der Waals surface area contributed by atoms with Gasteiger partial charge in [0.15, 0.2) is 5.65 Å². The first-order chi connectivity index (χ1) is 14.8. The molecule has 1 atom stereocenters. The molecule has 1 N–H and O–H groups in total. The Kier molecular flexibility index (Phi) is 4.51. The first-order valence-electron chi connectivity index (χ1n) is 10.3. The Balaban J connectivity index is 1.73. The van der Waals surface area contributed by atoms with Crippen LogP contribution >= 0.6 is 12.2 Å². The Hall–Kier alpha value is -3.32.